The van der Waals surface area contributed by atoms with E-state index in [9.17, 15) is 0 Å². The van der Waals surface area contributed by atoms with Gasteiger partial charge in [0.25, 0.3) is 0 Å². The summed E-state index contributed by atoms with van der Waals surface area (Å²) in [5, 5.41) is 0.561. The van der Waals surface area contributed by atoms with Gasteiger partial charge in [0, 0.05) is 26.2 Å². The second kappa shape index (κ2) is 6.18. The van der Waals surface area contributed by atoms with E-state index < -0.39 is 0 Å². The number of nitrogens with zero attached hydrogens (tertiary/aromatic N) is 4. The number of benzene rings is 1. The monoisotopic (exact) mass is 304 g/mol. The van der Waals surface area contributed by atoms with Crippen LogP contribution in [0.4, 0.5) is 11.6 Å². The Kier molecular flexibility index (Phi) is 4.10. The number of piperazine rings is 1. The summed E-state index contributed by atoms with van der Waals surface area (Å²) in [6.45, 7) is 3.57. The fourth-order valence-electron chi connectivity index (χ4n) is 2.51. The summed E-state index contributed by atoms with van der Waals surface area (Å²) in [4.78, 5) is 13.0. The summed E-state index contributed by atoms with van der Waals surface area (Å²) in [5.74, 6) is 1.65. The maximum Gasteiger partial charge on any atom is 0.225 e. The van der Waals surface area contributed by atoms with E-state index in [1.165, 1.54) is 0 Å². The van der Waals surface area contributed by atoms with Crippen LogP contribution in [0.25, 0.3) is 0 Å². The van der Waals surface area contributed by atoms with Crippen LogP contribution in [0.15, 0.2) is 36.7 Å². The maximum absolute atomic E-state index is 5.82. The Morgan fingerprint density at radius 2 is 1.62 bits per heavy atom. The van der Waals surface area contributed by atoms with Gasteiger partial charge in [-0.05, 0) is 12.1 Å². The minimum absolute atomic E-state index is 0.561. The van der Waals surface area contributed by atoms with Gasteiger partial charge in [-0.25, -0.2) is 9.97 Å². The number of halogens is 1. The molecule has 1 saturated heterocycles. The Bertz CT molecular complexity index is 597. The van der Waals surface area contributed by atoms with Crippen molar-refractivity contribution in [2.75, 3.05) is 43.1 Å². The van der Waals surface area contributed by atoms with Gasteiger partial charge in [0.2, 0.25) is 5.95 Å². The molecule has 1 aliphatic heterocycles. The summed E-state index contributed by atoms with van der Waals surface area (Å²) < 4.78 is 5.43. The molecule has 0 amide bonds. The first-order chi connectivity index (χ1) is 10.3. The highest BCUT2D eigenvalue weighted by Gasteiger charge is 2.20. The van der Waals surface area contributed by atoms with Gasteiger partial charge in [0.15, 0.2) is 0 Å². The molecule has 0 unspecified atom stereocenters. The lowest BCUT2D eigenvalue weighted by atomic mass is 10.2. The smallest absolute Gasteiger partial charge is 0.225 e. The molecule has 5 nitrogen and oxygen atoms in total. The number of ether oxygens (including phenoxy) is 1. The van der Waals surface area contributed by atoms with E-state index in [2.05, 4.69) is 25.8 Å². The summed E-state index contributed by atoms with van der Waals surface area (Å²) in [5.41, 5.74) is 1.14. The minimum atomic E-state index is 0.561. The molecule has 2 heterocycles. The molecule has 1 aromatic heterocycles. The quantitative estimate of drug-likeness (QED) is 0.871. The van der Waals surface area contributed by atoms with Gasteiger partial charge in [-0.15, -0.1) is 0 Å². The van der Waals surface area contributed by atoms with E-state index >= 15 is 0 Å². The average Bonchev–Trinajstić information content (AvgIpc) is 2.56. The number of anilines is 2. The zero-order valence-electron chi connectivity index (χ0n) is 11.9. The lowest BCUT2D eigenvalue weighted by Gasteiger charge is -2.36. The summed E-state index contributed by atoms with van der Waals surface area (Å²) in [7, 11) is 1.70. The van der Waals surface area contributed by atoms with Gasteiger partial charge in [-0.2, -0.15) is 0 Å². The molecule has 2 aromatic rings. The minimum Gasteiger partial charge on any atom is -0.495 e. The molecule has 1 fully saturated rings. The lowest BCUT2D eigenvalue weighted by molar-refractivity contribution is 0.413. The first kappa shape index (κ1) is 13.9. The predicted molar refractivity (Wildman–Crippen MR) is 84.5 cm³/mol. The van der Waals surface area contributed by atoms with Crippen LogP contribution in [-0.4, -0.2) is 43.3 Å². The number of para-hydroxylation sites is 2. The maximum atomic E-state index is 5.82. The second-order valence-corrected chi connectivity index (χ2v) is 5.28. The summed E-state index contributed by atoms with van der Waals surface area (Å²) >= 11 is 5.82. The molecule has 0 saturated carbocycles. The molecule has 1 aromatic carbocycles. The second-order valence-electron chi connectivity index (χ2n) is 4.85. The van der Waals surface area contributed by atoms with Gasteiger partial charge in [0.05, 0.1) is 30.2 Å². The highest BCUT2D eigenvalue weighted by atomic mass is 35.5. The molecule has 0 aliphatic carbocycles. The number of aromatic nitrogens is 2. The van der Waals surface area contributed by atoms with E-state index in [4.69, 9.17) is 16.3 Å². The third-order valence-corrected chi connectivity index (χ3v) is 3.79. The molecular weight excluding hydrogens is 288 g/mol. The molecule has 0 spiro atoms. The third-order valence-electron chi connectivity index (χ3n) is 3.60. The van der Waals surface area contributed by atoms with E-state index in [0.29, 0.717) is 5.02 Å². The van der Waals surface area contributed by atoms with Gasteiger partial charge < -0.3 is 14.5 Å². The molecule has 0 bridgehead atoms. The molecule has 21 heavy (non-hydrogen) atoms. The Morgan fingerprint density at radius 1 is 1.00 bits per heavy atom. The zero-order valence-corrected chi connectivity index (χ0v) is 12.6. The van der Waals surface area contributed by atoms with Crippen LogP contribution in [0.2, 0.25) is 5.02 Å². The molecular formula is C15H17ClN4O. The van der Waals surface area contributed by atoms with Crippen LogP contribution in [0.3, 0.4) is 0 Å². The molecule has 6 heteroatoms. The van der Waals surface area contributed by atoms with Crippen LogP contribution in [-0.2, 0) is 0 Å². The lowest BCUT2D eigenvalue weighted by Crippen LogP contribution is -2.47. The van der Waals surface area contributed by atoms with E-state index in [1.807, 2.05) is 18.2 Å². The van der Waals surface area contributed by atoms with E-state index in [0.717, 1.165) is 43.6 Å². The fourth-order valence-corrected chi connectivity index (χ4v) is 2.60. The zero-order chi connectivity index (χ0) is 14.7. The molecule has 1 aliphatic rings. The van der Waals surface area contributed by atoms with Crippen LogP contribution in [0.5, 0.6) is 5.75 Å². The van der Waals surface area contributed by atoms with Crippen LogP contribution in [0, 0.1) is 0 Å². The normalized spacial score (nSPS) is 15.1. The van der Waals surface area contributed by atoms with E-state index in [1.54, 1.807) is 19.5 Å². The Morgan fingerprint density at radius 3 is 2.29 bits per heavy atom. The van der Waals surface area contributed by atoms with Crippen molar-refractivity contribution >= 4 is 23.2 Å². The Hall–Kier alpha value is -2.01. The van der Waals surface area contributed by atoms with Crippen LogP contribution < -0.4 is 14.5 Å². The largest absolute Gasteiger partial charge is 0.495 e. The molecule has 3 rings (SSSR count). The van der Waals surface area contributed by atoms with Crippen molar-refractivity contribution in [1.29, 1.82) is 0 Å². The number of hydrogen-bond acceptors (Lipinski definition) is 5. The fraction of sp³-hybridized carbons (Fsp3) is 0.333. The number of hydrogen-bond donors (Lipinski definition) is 0. The van der Waals surface area contributed by atoms with Crippen molar-refractivity contribution in [3.63, 3.8) is 0 Å². The summed E-state index contributed by atoms with van der Waals surface area (Å²) in [6.07, 6.45) is 3.27. The van der Waals surface area contributed by atoms with Crippen molar-refractivity contribution in [2.45, 2.75) is 0 Å². The first-order valence-corrected chi connectivity index (χ1v) is 7.26. The van der Waals surface area contributed by atoms with Crippen LogP contribution in [0.1, 0.15) is 0 Å². The number of methoxy groups -OCH3 is 1. The highest BCUT2D eigenvalue weighted by Crippen LogP contribution is 2.28. The standard InChI is InChI=1S/C15H17ClN4O/c1-21-14-5-3-2-4-13(14)19-6-8-20(9-7-19)15-17-10-12(16)11-18-15/h2-5,10-11H,6-9H2,1H3. The third kappa shape index (κ3) is 3.03. The van der Waals surface area contributed by atoms with Crippen molar-refractivity contribution in [3.8, 4) is 5.75 Å². The van der Waals surface area contributed by atoms with Gasteiger partial charge in [-0.3, -0.25) is 0 Å². The van der Waals surface area contributed by atoms with Gasteiger partial charge in [-0.1, -0.05) is 23.7 Å². The Balaban J connectivity index is 1.69. The van der Waals surface area contributed by atoms with Gasteiger partial charge >= 0.3 is 0 Å². The Labute approximate surface area is 129 Å². The van der Waals surface area contributed by atoms with Crippen molar-refractivity contribution in [1.82, 2.24) is 9.97 Å². The number of rotatable bonds is 3. The predicted octanol–water partition coefficient (Wildman–Crippen LogP) is 2.47. The molecule has 0 atom stereocenters. The van der Waals surface area contributed by atoms with E-state index in [-0.39, 0.29) is 0 Å². The molecule has 110 valence electrons. The van der Waals surface area contributed by atoms with Crippen molar-refractivity contribution < 1.29 is 4.74 Å². The average molecular weight is 305 g/mol. The van der Waals surface area contributed by atoms with Crippen LogP contribution >= 0.6 is 11.6 Å². The SMILES string of the molecule is COc1ccccc1N1CCN(c2ncc(Cl)cn2)CC1. The van der Waals surface area contributed by atoms with Crippen molar-refractivity contribution in [3.05, 3.63) is 41.7 Å². The molecule has 0 N–H and O–H groups in total. The topological polar surface area (TPSA) is 41.5 Å². The van der Waals surface area contributed by atoms with Crippen molar-refractivity contribution in [2.24, 2.45) is 0 Å². The highest BCUT2D eigenvalue weighted by molar-refractivity contribution is 6.30. The van der Waals surface area contributed by atoms with Gasteiger partial charge in [0.1, 0.15) is 5.75 Å². The first-order valence-electron chi connectivity index (χ1n) is 6.88. The summed E-state index contributed by atoms with van der Waals surface area (Å²) in [6, 6.07) is 8.10. The molecule has 0 radical (unpaired) electrons.